The van der Waals surface area contributed by atoms with E-state index in [4.69, 9.17) is 12.2 Å². The number of hydrogen-bond donors (Lipinski definition) is 1. The molecule has 2 rings (SSSR count). The lowest BCUT2D eigenvalue weighted by atomic mass is 10.3. The summed E-state index contributed by atoms with van der Waals surface area (Å²) in [4.78, 5) is 7.58. The third-order valence-corrected chi connectivity index (χ3v) is 4.23. The van der Waals surface area contributed by atoms with Crippen LogP contribution >= 0.6 is 12.2 Å². The number of rotatable bonds is 4. The first-order chi connectivity index (χ1) is 8.11. The Morgan fingerprint density at radius 2 is 2.29 bits per heavy atom. The maximum atomic E-state index is 11.5. The van der Waals surface area contributed by atoms with Crippen LogP contribution in [-0.4, -0.2) is 30.2 Å². The van der Waals surface area contributed by atoms with Crippen molar-refractivity contribution in [2.24, 2.45) is 0 Å². The molecule has 1 N–H and O–H groups in total. The maximum absolute atomic E-state index is 11.5. The average molecular weight is 269 g/mol. The summed E-state index contributed by atoms with van der Waals surface area (Å²) in [5.41, 5.74) is 2.74. The predicted octanol–water partition coefficient (Wildman–Crippen LogP) is 2.17. The fourth-order valence-electron chi connectivity index (χ4n) is 1.67. The zero-order valence-corrected chi connectivity index (χ0v) is 11.5. The Hall–Kier alpha value is -1.01. The van der Waals surface area contributed by atoms with Crippen LogP contribution in [-0.2, 0) is 17.3 Å². The molecule has 4 nitrogen and oxygen atoms in total. The van der Waals surface area contributed by atoms with Crippen LogP contribution in [0.1, 0.15) is 12.6 Å². The molecule has 0 saturated heterocycles. The summed E-state index contributed by atoms with van der Waals surface area (Å²) in [7, 11) is -0.777. The summed E-state index contributed by atoms with van der Waals surface area (Å²) in [5, 5.41) is 0. The molecule has 0 radical (unpaired) electrons. The van der Waals surface area contributed by atoms with E-state index in [9.17, 15) is 4.21 Å². The first-order valence-electron chi connectivity index (χ1n) is 5.53. The van der Waals surface area contributed by atoms with Crippen molar-refractivity contribution >= 4 is 34.2 Å². The van der Waals surface area contributed by atoms with E-state index in [0.717, 1.165) is 16.9 Å². The lowest BCUT2D eigenvalue weighted by Crippen LogP contribution is -2.09. The van der Waals surface area contributed by atoms with Gasteiger partial charge >= 0.3 is 0 Å². The monoisotopic (exact) mass is 269 g/mol. The van der Waals surface area contributed by atoms with Crippen LogP contribution in [0.2, 0.25) is 0 Å². The highest BCUT2D eigenvalue weighted by Gasteiger charge is 2.06. The van der Waals surface area contributed by atoms with Crippen molar-refractivity contribution in [2.45, 2.75) is 20.4 Å². The van der Waals surface area contributed by atoms with E-state index in [2.05, 4.69) is 9.97 Å². The Kier molecular flexibility index (Phi) is 3.73. The average Bonchev–Trinajstić information content (AvgIpc) is 2.61. The molecule has 0 saturated carbocycles. The summed E-state index contributed by atoms with van der Waals surface area (Å²) in [6, 6.07) is 3.92. The lowest BCUT2D eigenvalue weighted by Gasteiger charge is -2.03. The predicted molar refractivity (Wildman–Crippen MR) is 73.2 cm³/mol. The largest absolute Gasteiger partial charge is 0.329 e. The Morgan fingerprint density at radius 3 is 3.00 bits per heavy atom. The van der Waals surface area contributed by atoms with Gasteiger partial charge in [0.25, 0.3) is 0 Å². The summed E-state index contributed by atoms with van der Waals surface area (Å²) in [5.74, 6) is 1.30. The lowest BCUT2D eigenvalue weighted by molar-refractivity contribution is 0.674. The minimum absolute atomic E-state index is 0.618. The normalized spacial score (nSPS) is 13.1. The quantitative estimate of drug-likeness (QED) is 0.865. The fourth-order valence-corrected chi connectivity index (χ4v) is 2.63. The van der Waals surface area contributed by atoms with Crippen molar-refractivity contribution in [3.05, 3.63) is 22.6 Å². The smallest absolute Gasteiger partial charge is 0.179 e. The van der Waals surface area contributed by atoms with Crippen molar-refractivity contribution < 1.29 is 4.21 Å². The van der Waals surface area contributed by atoms with Gasteiger partial charge in [-0.15, -0.1) is 0 Å². The van der Waals surface area contributed by atoms with Crippen molar-refractivity contribution in [3.8, 4) is 0 Å². The topological polar surface area (TPSA) is 50.7 Å². The first kappa shape index (κ1) is 12.4. The maximum Gasteiger partial charge on any atom is 0.179 e. The number of fused-ring (bicyclic) bond motifs is 1. The van der Waals surface area contributed by atoms with E-state index in [-0.39, 0.29) is 0 Å². The minimum atomic E-state index is -0.777. The molecule has 1 unspecified atom stereocenters. The Labute approximate surface area is 108 Å². The SMILES string of the molecule is CCS(=O)CCn1c(=S)[nH]c2ccc(C)nc21. The van der Waals surface area contributed by atoms with Gasteiger partial charge in [-0.05, 0) is 31.3 Å². The second-order valence-electron chi connectivity index (χ2n) is 3.84. The number of nitrogens with one attached hydrogen (secondary N) is 1. The van der Waals surface area contributed by atoms with Crippen LogP contribution < -0.4 is 0 Å². The van der Waals surface area contributed by atoms with Crippen LogP contribution in [0.4, 0.5) is 0 Å². The molecule has 0 aliphatic heterocycles. The second kappa shape index (κ2) is 5.10. The Bertz CT molecular complexity index is 615. The van der Waals surface area contributed by atoms with Gasteiger partial charge in [-0.1, -0.05) is 6.92 Å². The van der Waals surface area contributed by atoms with Crippen LogP contribution in [0, 0.1) is 11.7 Å². The van der Waals surface area contributed by atoms with Gasteiger partial charge in [0.2, 0.25) is 0 Å². The van der Waals surface area contributed by atoms with Crippen LogP contribution in [0.3, 0.4) is 0 Å². The number of aryl methyl sites for hydroxylation is 2. The zero-order chi connectivity index (χ0) is 12.4. The van der Waals surface area contributed by atoms with E-state index in [0.29, 0.717) is 22.8 Å². The number of pyridine rings is 1. The molecule has 0 spiro atoms. The number of nitrogens with zero attached hydrogens (tertiary/aromatic N) is 2. The molecule has 1 atom stereocenters. The van der Waals surface area contributed by atoms with Gasteiger partial charge < -0.3 is 9.55 Å². The van der Waals surface area contributed by atoms with Gasteiger partial charge in [0.15, 0.2) is 10.4 Å². The van der Waals surface area contributed by atoms with E-state index < -0.39 is 10.8 Å². The molecule has 2 aromatic rings. The highest BCUT2D eigenvalue weighted by molar-refractivity contribution is 7.84. The summed E-state index contributed by atoms with van der Waals surface area (Å²) in [6.45, 7) is 4.52. The molecule has 2 heterocycles. The zero-order valence-electron chi connectivity index (χ0n) is 9.90. The van der Waals surface area contributed by atoms with Gasteiger partial charge in [-0.3, -0.25) is 4.21 Å². The van der Waals surface area contributed by atoms with E-state index in [1.54, 1.807) is 0 Å². The Balaban J connectivity index is 2.38. The number of aromatic nitrogens is 3. The number of aromatic amines is 1. The van der Waals surface area contributed by atoms with Crippen LogP contribution in [0.15, 0.2) is 12.1 Å². The van der Waals surface area contributed by atoms with Crippen LogP contribution in [0.5, 0.6) is 0 Å². The molecule has 0 aliphatic rings. The molecular weight excluding hydrogens is 254 g/mol. The minimum Gasteiger partial charge on any atom is -0.329 e. The number of imidazole rings is 1. The van der Waals surface area contributed by atoms with Gasteiger partial charge in [0.1, 0.15) is 0 Å². The summed E-state index contributed by atoms with van der Waals surface area (Å²) in [6.07, 6.45) is 0. The Morgan fingerprint density at radius 1 is 1.53 bits per heavy atom. The summed E-state index contributed by atoms with van der Waals surface area (Å²) < 4.78 is 14.0. The fraction of sp³-hybridized carbons (Fsp3) is 0.455. The van der Waals surface area contributed by atoms with Gasteiger partial charge in [-0.2, -0.15) is 0 Å². The first-order valence-corrected chi connectivity index (χ1v) is 7.42. The molecule has 17 heavy (non-hydrogen) atoms. The molecular formula is C11H15N3OS2. The van der Waals surface area contributed by atoms with Crippen molar-refractivity contribution in [2.75, 3.05) is 11.5 Å². The molecule has 92 valence electrons. The van der Waals surface area contributed by atoms with Gasteiger partial charge in [-0.25, -0.2) is 4.98 Å². The molecule has 2 aromatic heterocycles. The molecule has 0 aliphatic carbocycles. The van der Waals surface area contributed by atoms with Crippen molar-refractivity contribution in [3.63, 3.8) is 0 Å². The van der Waals surface area contributed by atoms with Crippen LogP contribution in [0.25, 0.3) is 11.2 Å². The van der Waals surface area contributed by atoms with Crippen molar-refractivity contribution in [1.82, 2.24) is 14.5 Å². The van der Waals surface area contributed by atoms with Gasteiger partial charge in [0.05, 0.1) is 5.52 Å². The van der Waals surface area contributed by atoms with Crippen molar-refractivity contribution in [1.29, 1.82) is 0 Å². The summed E-state index contributed by atoms with van der Waals surface area (Å²) >= 11 is 5.25. The van der Waals surface area contributed by atoms with Gasteiger partial charge in [0, 0.05) is 34.5 Å². The molecule has 0 bridgehead atoms. The molecule has 0 aromatic carbocycles. The third-order valence-electron chi connectivity index (χ3n) is 2.62. The third kappa shape index (κ3) is 2.63. The second-order valence-corrected chi connectivity index (χ2v) is 6.09. The highest BCUT2D eigenvalue weighted by atomic mass is 32.2. The number of H-pyrrole nitrogens is 1. The van der Waals surface area contributed by atoms with E-state index in [1.807, 2.05) is 30.5 Å². The molecule has 0 amide bonds. The standard InChI is InChI=1S/C11H15N3OS2/c1-3-17(15)7-6-14-10-9(13-11(14)16)5-4-8(2)12-10/h4-5H,3,6-7H2,1-2H3,(H,13,16). The highest BCUT2D eigenvalue weighted by Crippen LogP contribution is 2.12. The molecule has 6 heteroatoms. The molecule has 0 fully saturated rings. The van der Waals surface area contributed by atoms with E-state index >= 15 is 0 Å². The number of hydrogen-bond acceptors (Lipinski definition) is 3. The van der Waals surface area contributed by atoms with E-state index in [1.165, 1.54) is 0 Å².